The van der Waals surface area contributed by atoms with Crippen LogP contribution < -0.4 is 10.2 Å². The first-order chi connectivity index (χ1) is 12.3. The minimum Gasteiger partial charge on any atom is -0.492 e. The molecule has 0 aromatic heterocycles. The Labute approximate surface area is 150 Å². The van der Waals surface area contributed by atoms with Gasteiger partial charge >= 0.3 is 13.1 Å². The molecule has 4 rings (SSSR count). The van der Waals surface area contributed by atoms with E-state index in [0.29, 0.717) is 17.8 Å². The highest BCUT2D eigenvalue weighted by atomic mass is 16.5. The molecule has 132 valence electrons. The fourth-order valence-electron chi connectivity index (χ4n) is 3.76. The quantitative estimate of drug-likeness (QED) is 0.712. The number of carbonyl (C=O) groups is 1. The molecule has 0 saturated heterocycles. The van der Waals surface area contributed by atoms with E-state index in [0.717, 1.165) is 22.5 Å². The van der Waals surface area contributed by atoms with E-state index in [9.17, 15) is 19.9 Å². The summed E-state index contributed by atoms with van der Waals surface area (Å²) >= 11 is 0. The van der Waals surface area contributed by atoms with Crippen molar-refractivity contribution in [2.24, 2.45) is 10.9 Å². The molecule has 0 amide bonds. The van der Waals surface area contributed by atoms with Gasteiger partial charge in [-0.25, -0.2) is 4.79 Å². The molecule has 6 nitrogen and oxygen atoms in total. The zero-order chi connectivity index (χ0) is 18.6. The van der Waals surface area contributed by atoms with Crippen LogP contribution in [0.15, 0.2) is 41.4 Å². The number of aliphatic imine (C=N–C) groups is 1. The summed E-state index contributed by atoms with van der Waals surface area (Å²) in [6, 6.07) is 10.1. The van der Waals surface area contributed by atoms with Gasteiger partial charge in [-0.05, 0) is 35.3 Å². The van der Waals surface area contributed by atoms with E-state index in [1.807, 2.05) is 0 Å². The Balaban J connectivity index is 1.88. The molecule has 26 heavy (non-hydrogen) atoms. The second-order valence-electron chi connectivity index (χ2n) is 7.25. The molecule has 0 radical (unpaired) electrons. The lowest BCUT2D eigenvalue weighted by Gasteiger charge is -2.42. The van der Waals surface area contributed by atoms with Crippen LogP contribution in [-0.2, 0) is 5.41 Å². The van der Waals surface area contributed by atoms with Crippen molar-refractivity contribution in [3.05, 3.63) is 53.1 Å². The van der Waals surface area contributed by atoms with Crippen LogP contribution in [0.2, 0.25) is 0 Å². The third kappa shape index (κ3) is 2.43. The van der Waals surface area contributed by atoms with E-state index in [4.69, 9.17) is 9.73 Å². The molecule has 1 unspecified atom stereocenters. The van der Waals surface area contributed by atoms with Gasteiger partial charge in [0.25, 0.3) is 0 Å². The highest BCUT2D eigenvalue weighted by Crippen LogP contribution is 2.46. The Morgan fingerprint density at radius 3 is 2.69 bits per heavy atom. The van der Waals surface area contributed by atoms with Crippen molar-refractivity contribution in [3.8, 4) is 5.75 Å². The van der Waals surface area contributed by atoms with Crippen LogP contribution in [0.3, 0.4) is 0 Å². The molecule has 2 aromatic carbocycles. The van der Waals surface area contributed by atoms with Crippen molar-refractivity contribution in [1.82, 2.24) is 0 Å². The Kier molecular flexibility index (Phi) is 3.68. The average molecular weight is 351 g/mol. The Hall–Kier alpha value is -2.64. The van der Waals surface area contributed by atoms with Gasteiger partial charge in [-0.2, -0.15) is 0 Å². The fraction of sp³-hybridized carbons (Fsp3) is 0.263. The number of fused-ring (bicyclic) bond motifs is 4. The number of carboxylic acid groups (broad SMARTS) is 1. The summed E-state index contributed by atoms with van der Waals surface area (Å²) < 4.78 is 5.87. The molecule has 0 saturated carbocycles. The maximum absolute atomic E-state index is 11.2. The first kappa shape index (κ1) is 16.8. The zero-order valence-electron chi connectivity index (χ0n) is 14.4. The van der Waals surface area contributed by atoms with Gasteiger partial charge in [0.2, 0.25) is 0 Å². The molecule has 0 bridgehead atoms. The summed E-state index contributed by atoms with van der Waals surface area (Å²) in [4.78, 5) is 16.0. The molecule has 0 fully saturated rings. The maximum atomic E-state index is 11.2. The lowest BCUT2D eigenvalue weighted by atomic mass is 9.65. The van der Waals surface area contributed by atoms with Crippen LogP contribution in [0.1, 0.15) is 35.3 Å². The van der Waals surface area contributed by atoms with Gasteiger partial charge in [-0.1, -0.05) is 26.0 Å². The predicted octanol–water partition coefficient (Wildman–Crippen LogP) is 1.49. The molecule has 2 aliphatic heterocycles. The van der Waals surface area contributed by atoms with Crippen LogP contribution in [0, 0.1) is 5.92 Å². The van der Waals surface area contributed by atoms with Crippen molar-refractivity contribution in [2.45, 2.75) is 19.3 Å². The number of aromatic carboxylic acids is 1. The second-order valence-corrected chi connectivity index (χ2v) is 7.25. The maximum Gasteiger partial charge on any atom is 0.488 e. The average Bonchev–Trinajstić information content (AvgIpc) is 2.60. The van der Waals surface area contributed by atoms with Gasteiger partial charge in [0, 0.05) is 16.9 Å². The summed E-state index contributed by atoms with van der Waals surface area (Å²) in [5.74, 6) is -0.490. The molecule has 2 heterocycles. The first-order valence-electron chi connectivity index (χ1n) is 8.38. The van der Waals surface area contributed by atoms with Crippen molar-refractivity contribution in [1.29, 1.82) is 0 Å². The van der Waals surface area contributed by atoms with E-state index < -0.39 is 13.1 Å². The summed E-state index contributed by atoms with van der Waals surface area (Å²) in [6.07, 6.45) is 0. The molecular formula is C19H18BNO5. The van der Waals surface area contributed by atoms with Crippen LogP contribution in [0.5, 0.6) is 5.75 Å². The zero-order valence-corrected chi connectivity index (χ0v) is 14.4. The van der Waals surface area contributed by atoms with Crippen LogP contribution in [-0.4, -0.2) is 40.6 Å². The third-order valence-corrected chi connectivity index (χ3v) is 5.37. The smallest absolute Gasteiger partial charge is 0.488 e. The highest BCUT2D eigenvalue weighted by Gasteiger charge is 2.43. The van der Waals surface area contributed by atoms with Crippen molar-refractivity contribution in [3.63, 3.8) is 0 Å². The van der Waals surface area contributed by atoms with Crippen molar-refractivity contribution in [2.75, 3.05) is 6.61 Å². The summed E-state index contributed by atoms with van der Waals surface area (Å²) in [5, 5.41) is 28.1. The van der Waals surface area contributed by atoms with Gasteiger partial charge in [-0.3, -0.25) is 4.99 Å². The van der Waals surface area contributed by atoms with Crippen molar-refractivity contribution >= 4 is 29.9 Å². The SMILES string of the molecule is CC1(C)c2cc(B(O)O)ccc2N=C2c3ccc(C(=O)O)cc3OCC21. The predicted molar refractivity (Wildman–Crippen MR) is 97.9 cm³/mol. The van der Waals surface area contributed by atoms with Gasteiger partial charge in [0.05, 0.1) is 23.6 Å². The summed E-state index contributed by atoms with van der Waals surface area (Å²) in [5.41, 5.74) is 3.67. The topological polar surface area (TPSA) is 99.4 Å². The van der Waals surface area contributed by atoms with E-state index in [1.165, 1.54) is 6.07 Å². The molecule has 7 heteroatoms. The number of nitrogens with zero attached hydrogens (tertiary/aromatic N) is 1. The number of benzene rings is 2. The summed E-state index contributed by atoms with van der Waals surface area (Å²) in [7, 11) is -1.53. The number of hydrogen-bond donors (Lipinski definition) is 3. The van der Waals surface area contributed by atoms with E-state index in [2.05, 4.69) is 13.8 Å². The summed E-state index contributed by atoms with van der Waals surface area (Å²) in [6.45, 7) is 4.55. The molecule has 0 spiro atoms. The third-order valence-electron chi connectivity index (χ3n) is 5.37. The number of hydrogen-bond acceptors (Lipinski definition) is 5. The van der Waals surface area contributed by atoms with Crippen LogP contribution >= 0.6 is 0 Å². The van der Waals surface area contributed by atoms with E-state index in [-0.39, 0.29) is 16.9 Å². The highest BCUT2D eigenvalue weighted by molar-refractivity contribution is 6.58. The Bertz CT molecular complexity index is 951. The normalized spacial score (nSPS) is 19.4. The van der Waals surface area contributed by atoms with Gasteiger partial charge in [-0.15, -0.1) is 0 Å². The molecule has 1 atom stereocenters. The van der Waals surface area contributed by atoms with Crippen LogP contribution in [0.25, 0.3) is 0 Å². The van der Waals surface area contributed by atoms with Gasteiger partial charge in [0.15, 0.2) is 0 Å². The molecule has 0 aliphatic carbocycles. The minimum absolute atomic E-state index is 0.0238. The van der Waals surface area contributed by atoms with Crippen molar-refractivity contribution < 1.29 is 24.7 Å². The van der Waals surface area contributed by atoms with E-state index >= 15 is 0 Å². The van der Waals surface area contributed by atoms with Gasteiger partial charge < -0.3 is 19.9 Å². The Morgan fingerprint density at radius 2 is 2.00 bits per heavy atom. The Morgan fingerprint density at radius 1 is 1.23 bits per heavy atom. The monoisotopic (exact) mass is 351 g/mol. The lowest BCUT2D eigenvalue weighted by Crippen LogP contribution is -2.45. The number of rotatable bonds is 2. The fourth-order valence-corrected chi connectivity index (χ4v) is 3.76. The molecule has 3 N–H and O–H groups in total. The lowest BCUT2D eigenvalue weighted by molar-refractivity contribution is 0.0696. The molecular weight excluding hydrogens is 333 g/mol. The minimum atomic E-state index is -1.53. The van der Waals surface area contributed by atoms with E-state index in [1.54, 1.807) is 30.3 Å². The molecule has 2 aromatic rings. The molecule has 2 aliphatic rings. The second kappa shape index (κ2) is 5.69. The number of carboxylic acids is 1. The standard InChI is InChI=1S/C19H18BNO5/c1-19(2)13-8-11(20(24)25)4-6-15(13)21-17-12-5-3-10(18(22)23)7-16(12)26-9-14(17)19/h3-8,14,24-25H,9H2,1-2H3,(H,22,23). The van der Waals surface area contributed by atoms with Gasteiger partial charge in [0.1, 0.15) is 5.75 Å². The van der Waals surface area contributed by atoms with Crippen LogP contribution in [0.4, 0.5) is 5.69 Å². The first-order valence-corrected chi connectivity index (χ1v) is 8.38. The number of ether oxygens (including phenoxy) is 1. The largest absolute Gasteiger partial charge is 0.492 e.